The van der Waals surface area contributed by atoms with Gasteiger partial charge in [0.1, 0.15) is 0 Å². The van der Waals surface area contributed by atoms with Gasteiger partial charge >= 0.3 is 6.03 Å². The van der Waals surface area contributed by atoms with E-state index in [1.54, 1.807) is 0 Å². The van der Waals surface area contributed by atoms with Gasteiger partial charge < -0.3 is 20.4 Å². The molecule has 1 aromatic carbocycles. The molecule has 142 valence electrons. The van der Waals surface area contributed by atoms with Crippen LogP contribution in [0.15, 0.2) is 24.3 Å². The van der Waals surface area contributed by atoms with Crippen molar-refractivity contribution in [2.75, 3.05) is 37.6 Å². The van der Waals surface area contributed by atoms with Gasteiger partial charge in [-0.2, -0.15) is 0 Å². The number of hydrogen-bond acceptors (Lipinski definition) is 3. The Hall–Kier alpha value is -1.95. The van der Waals surface area contributed by atoms with Crippen molar-refractivity contribution in [2.24, 2.45) is 5.92 Å². The number of carbonyl (C=O) groups is 2. The molecule has 2 heterocycles. The van der Waals surface area contributed by atoms with Crippen molar-refractivity contribution < 1.29 is 9.59 Å². The predicted molar refractivity (Wildman–Crippen MR) is 104 cm³/mol. The van der Waals surface area contributed by atoms with Gasteiger partial charge in [-0.1, -0.05) is 11.6 Å². The van der Waals surface area contributed by atoms with Crippen LogP contribution in [0, 0.1) is 5.92 Å². The number of hydrogen-bond donors (Lipinski definition) is 2. The second-order valence-electron chi connectivity index (χ2n) is 7.25. The average molecular weight is 379 g/mol. The Bertz CT molecular complexity index is 637. The Kier molecular flexibility index (Phi) is 6.25. The number of rotatable bonds is 4. The maximum atomic E-state index is 12.4. The fourth-order valence-electron chi connectivity index (χ4n) is 3.80. The van der Waals surface area contributed by atoms with Crippen LogP contribution in [-0.4, -0.2) is 55.6 Å². The monoisotopic (exact) mass is 378 g/mol. The van der Waals surface area contributed by atoms with Gasteiger partial charge in [0.15, 0.2) is 0 Å². The van der Waals surface area contributed by atoms with Crippen molar-refractivity contribution in [3.8, 4) is 0 Å². The van der Waals surface area contributed by atoms with E-state index in [1.807, 2.05) is 29.2 Å². The van der Waals surface area contributed by atoms with Crippen LogP contribution in [0.4, 0.5) is 10.5 Å². The highest BCUT2D eigenvalue weighted by atomic mass is 35.5. The minimum absolute atomic E-state index is 0.0232. The smallest absolute Gasteiger partial charge is 0.317 e. The zero-order chi connectivity index (χ0) is 18.5. The molecular formula is C19H27ClN4O2. The van der Waals surface area contributed by atoms with E-state index >= 15 is 0 Å². The molecule has 2 aliphatic heterocycles. The van der Waals surface area contributed by atoms with E-state index in [9.17, 15) is 9.59 Å². The third kappa shape index (κ3) is 5.04. The van der Waals surface area contributed by atoms with E-state index in [1.165, 1.54) is 12.6 Å². The van der Waals surface area contributed by atoms with Crippen molar-refractivity contribution in [3.05, 3.63) is 29.3 Å². The Morgan fingerprint density at radius 3 is 2.65 bits per heavy atom. The van der Waals surface area contributed by atoms with Crippen molar-refractivity contribution in [2.45, 2.75) is 32.2 Å². The number of anilines is 1. The molecule has 6 nitrogen and oxygen atoms in total. The van der Waals surface area contributed by atoms with Gasteiger partial charge in [-0.3, -0.25) is 4.79 Å². The number of piperidine rings is 1. The van der Waals surface area contributed by atoms with Crippen LogP contribution in [0.5, 0.6) is 0 Å². The Morgan fingerprint density at radius 2 is 1.92 bits per heavy atom. The summed E-state index contributed by atoms with van der Waals surface area (Å²) in [6.45, 7) is 5.49. The Labute approximate surface area is 159 Å². The lowest BCUT2D eigenvalue weighted by Gasteiger charge is -2.33. The van der Waals surface area contributed by atoms with Crippen LogP contribution in [0.1, 0.15) is 26.2 Å². The van der Waals surface area contributed by atoms with E-state index in [0.717, 1.165) is 43.9 Å². The van der Waals surface area contributed by atoms with E-state index in [4.69, 9.17) is 11.6 Å². The number of nitrogens with one attached hydrogen (secondary N) is 2. The third-order valence-electron chi connectivity index (χ3n) is 5.14. The molecule has 0 spiro atoms. The quantitative estimate of drug-likeness (QED) is 0.846. The first-order valence-electron chi connectivity index (χ1n) is 9.31. The third-order valence-corrected chi connectivity index (χ3v) is 5.39. The van der Waals surface area contributed by atoms with Gasteiger partial charge in [-0.15, -0.1) is 0 Å². The van der Waals surface area contributed by atoms with Crippen LogP contribution in [0.3, 0.4) is 0 Å². The van der Waals surface area contributed by atoms with Crippen molar-refractivity contribution in [1.29, 1.82) is 0 Å². The first-order chi connectivity index (χ1) is 12.5. The molecular weight excluding hydrogens is 352 g/mol. The topological polar surface area (TPSA) is 64.7 Å². The van der Waals surface area contributed by atoms with Crippen LogP contribution in [0.2, 0.25) is 5.02 Å². The molecule has 3 rings (SSSR count). The molecule has 2 N–H and O–H groups in total. The molecule has 2 aliphatic rings. The molecule has 0 aliphatic carbocycles. The molecule has 0 saturated carbocycles. The fraction of sp³-hybridized carbons (Fsp3) is 0.579. The van der Waals surface area contributed by atoms with Gasteiger partial charge in [0.05, 0.1) is 0 Å². The first kappa shape index (κ1) is 18.8. The maximum Gasteiger partial charge on any atom is 0.317 e. The van der Waals surface area contributed by atoms with Crippen LogP contribution < -0.4 is 15.5 Å². The number of amides is 3. The minimum Gasteiger partial charge on any atom is -0.371 e. The fourth-order valence-corrected chi connectivity index (χ4v) is 3.92. The zero-order valence-corrected chi connectivity index (χ0v) is 16.0. The molecule has 0 aromatic heterocycles. The lowest BCUT2D eigenvalue weighted by molar-refractivity contribution is -0.119. The molecule has 1 aromatic rings. The standard InChI is InChI=1S/C19H27ClN4O2/c1-14(25)22-17-3-2-9-24(13-17)19(26)21-11-15-8-10-23(12-15)18-6-4-16(20)5-7-18/h4-7,15,17H,2-3,8-13H2,1H3,(H,21,26)(H,22,25). The second-order valence-corrected chi connectivity index (χ2v) is 7.69. The van der Waals surface area contributed by atoms with Crippen LogP contribution in [-0.2, 0) is 4.79 Å². The number of halogens is 1. The molecule has 0 bridgehead atoms. The summed E-state index contributed by atoms with van der Waals surface area (Å²) in [5.41, 5.74) is 1.18. The number of carbonyl (C=O) groups excluding carboxylic acids is 2. The summed E-state index contributed by atoms with van der Waals surface area (Å²) in [4.78, 5) is 27.8. The van der Waals surface area contributed by atoms with Gasteiger partial charge in [0.25, 0.3) is 0 Å². The number of urea groups is 1. The molecule has 0 radical (unpaired) electrons. The molecule has 2 saturated heterocycles. The van der Waals surface area contributed by atoms with Crippen molar-refractivity contribution in [3.63, 3.8) is 0 Å². The summed E-state index contributed by atoms with van der Waals surface area (Å²) in [6.07, 6.45) is 2.92. The van der Waals surface area contributed by atoms with E-state index < -0.39 is 0 Å². The van der Waals surface area contributed by atoms with Crippen molar-refractivity contribution in [1.82, 2.24) is 15.5 Å². The lowest BCUT2D eigenvalue weighted by Crippen LogP contribution is -2.52. The number of likely N-dealkylation sites (tertiary alicyclic amines) is 1. The van der Waals surface area contributed by atoms with E-state index in [0.29, 0.717) is 19.0 Å². The summed E-state index contributed by atoms with van der Waals surface area (Å²) >= 11 is 5.95. The van der Waals surface area contributed by atoms with E-state index in [2.05, 4.69) is 15.5 Å². The lowest BCUT2D eigenvalue weighted by atomic mass is 10.1. The summed E-state index contributed by atoms with van der Waals surface area (Å²) in [5, 5.41) is 6.74. The molecule has 2 atom stereocenters. The zero-order valence-electron chi connectivity index (χ0n) is 15.2. The highest BCUT2D eigenvalue weighted by molar-refractivity contribution is 6.30. The number of benzene rings is 1. The van der Waals surface area contributed by atoms with E-state index in [-0.39, 0.29) is 18.0 Å². The molecule has 26 heavy (non-hydrogen) atoms. The molecule has 3 amide bonds. The number of nitrogens with zero attached hydrogens (tertiary/aromatic N) is 2. The SMILES string of the molecule is CC(=O)NC1CCCN(C(=O)NCC2CCN(c3ccc(Cl)cc3)C2)C1. The highest BCUT2D eigenvalue weighted by Crippen LogP contribution is 2.24. The molecule has 2 unspecified atom stereocenters. The normalized spacial score (nSPS) is 23.0. The average Bonchev–Trinajstić information content (AvgIpc) is 3.09. The van der Waals surface area contributed by atoms with Gasteiger partial charge in [-0.25, -0.2) is 4.79 Å². The maximum absolute atomic E-state index is 12.4. The minimum atomic E-state index is -0.0366. The summed E-state index contributed by atoms with van der Waals surface area (Å²) in [6, 6.07) is 7.95. The van der Waals surface area contributed by atoms with Gasteiger partial charge in [0.2, 0.25) is 5.91 Å². The largest absolute Gasteiger partial charge is 0.371 e. The Morgan fingerprint density at radius 1 is 1.15 bits per heavy atom. The van der Waals surface area contributed by atoms with Crippen LogP contribution in [0.25, 0.3) is 0 Å². The summed E-state index contributed by atoms with van der Waals surface area (Å²) < 4.78 is 0. The first-order valence-corrected chi connectivity index (χ1v) is 9.69. The van der Waals surface area contributed by atoms with Gasteiger partial charge in [0, 0.05) is 56.4 Å². The second kappa shape index (κ2) is 8.62. The summed E-state index contributed by atoms with van der Waals surface area (Å²) in [5.74, 6) is 0.413. The van der Waals surface area contributed by atoms with Crippen molar-refractivity contribution >= 4 is 29.2 Å². The molecule has 7 heteroatoms. The van der Waals surface area contributed by atoms with Gasteiger partial charge in [-0.05, 0) is 49.4 Å². The molecule has 2 fully saturated rings. The predicted octanol–water partition coefficient (Wildman–Crippen LogP) is 2.48. The highest BCUT2D eigenvalue weighted by Gasteiger charge is 2.26. The Balaban J connectivity index is 1.43. The van der Waals surface area contributed by atoms with Crippen LogP contribution >= 0.6 is 11.6 Å². The summed E-state index contributed by atoms with van der Waals surface area (Å²) in [7, 11) is 0.